The molecule has 1 aliphatic carbocycles. The summed E-state index contributed by atoms with van der Waals surface area (Å²) in [6.07, 6.45) is 10.7. The van der Waals surface area contributed by atoms with Crippen molar-refractivity contribution >= 4 is 6.03 Å². The molecule has 2 amide bonds. The third-order valence-corrected chi connectivity index (χ3v) is 4.00. The van der Waals surface area contributed by atoms with Crippen LogP contribution >= 0.6 is 0 Å². The lowest BCUT2D eigenvalue weighted by molar-refractivity contribution is 0.0860. The number of rotatable bonds is 5. The highest BCUT2D eigenvalue weighted by Gasteiger charge is 2.23. The second kappa shape index (κ2) is 7.53. The Hall–Kier alpha value is -1.03. The Kier molecular flexibility index (Phi) is 5.70. The molecular formula is C15H26N2O2. The maximum absolute atomic E-state index is 11.8. The normalized spacial score (nSPS) is 24.7. The second-order valence-electron chi connectivity index (χ2n) is 5.60. The average Bonchev–Trinajstić information content (AvgIpc) is 2.94. The van der Waals surface area contributed by atoms with Crippen molar-refractivity contribution in [2.24, 2.45) is 0 Å². The van der Waals surface area contributed by atoms with Crippen LogP contribution in [-0.2, 0) is 4.74 Å². The molecule has 4 heteroatoms. The number of hydrogen-bond donors (Lipinski definition) is 2. The van der Waals surface area contributed by atoms with Crippen molar-refractivity contribution in [3.63, 3.8) is 0 Å². The maximum Gasteiger partial charge on any atom is 0.315 e. The van der Waals surface area contributed by atoms with Crippen LogP contribution in [0.1, 0.15) is 51.9 Å². The first-order valence-corrected chi connectivity index (χ1v) is 7.59. The SMILES string of the molecule is CC(NC(=O)NCCC1=CCCCC1)C1CCCO1. The van der Waals surface area contributed by atoms with E-state index < -0.39 is 0 Å². The molecule has 0 saturated carbocycles. The standard InChI is InChI=1S/C15H26N2O2/c1-12(14-8-5-11-19-14)17-15(18)16-10-9-13-6-3-2-4-7-13/h6,12,14H,2-5,7-11H2,1H3,(H2,16,17,18). The van der Waals surface area contributed by atoms with Crippen molar-refractivity contribution in [3.8, 4) is 0 Å². The van der Waals surface area contributed by atoms with Gasteiger partial charge in [0.05, 0.1) is 12.1 Å². The van der Waals surface area contributed by atoms with Crippen LogP contribution in [-0.4, -0.2) is 31.3 Å². The van der Waals surface area contributed by atoms with Crippen LogP contribution in [0.25, 0.3) is 0 Å². The molecule has 1 aliphatic heterocycles. The van der Waals surface area contributed by atoms with Gasteiger partial charge in [-0.25, -0.2) is 4.79 Å². The molecule has 2 atom stereocenters. The predicted octanol–water partition coefficient (Wildman–Crippen LogP) is 2.74. The summed E-state index contributed by atoms with van der Waals surface area (Å²) in [6, 6.07) is 0.0239. The minimum Gasteiger partial charge on any atom is -0.376 e. The maximum atomic E-state index is 11.8. The number of carbonyl (C=O) groups is 1. The Morgan fingerprint density at radius 2 is 2.37 bits per heavy atom. The predicted molar refractivity (Wildman–Crippen MR) is 76.1 cm³/mol. The number of nitrogens with one attached hydrogen (secondary N) is 2. The molecule has 0 spiro atoms. The van der Waals surface area contributed by atoms with Crippen LogP contribution < -0.4 is 10.6 Å². The third kappa shape index (κ3) is 4.86. The van der Waals surface area contributed by atoms with E-state index in [2.05, 4.69) is 16.7 Å². The zero-order valence-corrected chi connectivity index (χ0v) is 11.9. The molecule has 0 aromatic heterocycles. The van der Waals surface area contributed by atoms with Gasteiger partial charge in [-0.05, 0) is 51.9 Å². The second-order valence-corrected chi connectivity index (χ2v) is 5.60. The lowest BCUT2D eigenvalue weighted by Crippen LogP contribution is -2.46. The van der Waals surface area contributed by atoms with E-state index in [4.69, 9.17) is 4.74 Å². The quantitative estimate of drug-likeness (QED) is 0.752. The van der Waals surface area contributed by atoms with Crippen LogP contribution in [0.5, 0.6) is 0 Å². The van der Waals surface area contributed by atoms with E-state index in [1.165, 1.54) is 31.3 Å². The molecule has 2 aliphatic rings. The number of carbonyl (C=O) groups excluding carboxylic acids is 1. The van der Waals surface area contributed by atoms with Gasteiger partial charge in [-0.15, -0.1) is 0 Å². The molecule has 0 aromatic carbocycles. The molecule has 1 heterocycles. The van der Waals surface area contributed by atoms with Crippen molar-refractivity contribution in [2.75, 3.05) is 13.2 Å². The number of urea groups is 1. The highest BCUT2D eigenvalue weighted by molar-refractivity contribution is 5.74. The topological polar surface area (TPSA) is 50.4 Å². The van der Waals surface area contributed by atoms with E-state index in [1.54, 1.807) is 0 Å². The van der Waals surface area contributed by atoms with Crippen molar-refractivity contribution in [1.82, 2.24) is 10.6 Å². The van der Waals surface area contributed by atoms with Gasteiger partial charge in [-0.1, -0.05) is 11.6 Å². The number of ether oxygens (including phenoxy) is 1. The molecule has 19 heavy (non-hydrogen) atoms. The molecule has 2 rings (SSSR count). The van der Waals surface area contributed by atoms with Gasteiger partial charge in [0, 0.05) is 13.2 Å². The van der Waals surface area contributed by atoms with E-state index >= 15 is 0 Å². The van der Waals surface area contributed by atoms with Gasteiger partial charge in [0.2, 0.25) is 0 Å². The Morgan fingerprint density at radius 3 is 3.05 bits per heavy atom. The zero-order chi connectivity index (χ0) is 13.5. The summed E-state index contributed by atoms with van der Waals surface area (Å²) in [5.41, 5.74) is 1.50. The summed E-state index contributed by atoms with van der Waals surface area (Å²) in [5.74, 6) is 0. The fourth-order valence-corrected chi connectivity index (χ4v) is 2.82. The first-order chi connectivity index (χ1) is 9.25. The highest BCUT2D eigenvalue weighted by atomic mass is 16.5. The Labute approximate surface area is 116 Å². The van der Waals surface area contributed by atoms with E-state index in [0.29, 0.717) is 0 Å². The minimum absolute atomic E-state index is 0.0700. The fraction of sp³-hybridized carbons (Fsp3) is 0.800. The third-order valence-electron chi connectivity index (χ3n) is 4.00. The van der Waals surface area contributed by atoms with Gasteiger partial charge in [0.25, 0.3) is 0 Å². The molecule has 0 bridgehead atoms. The van der Waals surface area contributed by atoms with E-state index in [0.717, 1.165) is 32.4 Å². The van der Waals surface area contributed by atoms with Crippen molar-refractivity contribution < 1.29 is 9.53 Å². The summed E-state index contributed by atoms with van der Waals surface area (Å²) in [5, 5.41) is 5.90. The first kappa shape index (κ1) is 14.4. The van der Waals surface area contributed by atoms with Gasteiger partial charge < -0.3 is 15.4 Å². The Balaban J connectivity index is 1.59. The number of hydrogen-bond acceptors (Lipinski definition) is 2. The molecule has 4 nitrogen and oxygen atoms in total. The largest absolute Gasteiger partial charge is 0.376 e. The number of amides is 2. The Morgan fingerprint density at radius 1 is 1.47 bits per heavy atom. The lowest BCUT2D eigenvalue weighted by Gasteiger charge is -2.20. The molecule has 0 aromatic rings. The highest BCUT2D eigenvalue weighted by Crippen LogP contribution is 2.19. The summed E-state index contributed by atoms with van der Waals surface area (Å²) in [7, 11) is 0. The van der Waals surface area contributed by atoms with Crippen molar-refractivity contribution in [1.29, 1.82) is 0 Å². The molecule has 0 radical (unpaired) electrons. The molecule has 108 valence electrons. The first-order valence-electron chi connectivity index (χ1n) is 7.59. The molecule has 1 saturated heterocycles. The summed E-state index contributed by atoms with van der Waals surface area (Å²) in [6.45, 7) is 3.57. The van der Waals surface area contributed by atoms with Gasteiger partial charge >= 0.3 is 6.03 Å². The summed E-state index contributed by atoms with van der Waals surface area (Å²) >= 11 is 0. The van der Waals surface area contributed by atoms with E-state index in [1.807, 2.05) is 6.92 Å². The van der Waals surface area contributed by atoms with Crippen LogP contribution in [0.3, 0.4) is 0 Å². The van der Waals surface area contributed by atoms with E-state index in [-0.39, 0.29) is 18.2 Å². The lowest BCUT2D eigenvalue weighted by atomic mass is 9.97. The Bertz CT molecular complexity index is 322. The summed E-state index contributed by atoms with van der Waals surface area (Å²) < 4.78 is 5.56. The van der Waals surface area contributed by atoms with Crippen LogP contribution in [0.2, 0.25) is 0 Å². The molecule has 1 fully saturated rings. The van der Waals surface area contributed by atoms with Crippen molar-refractivity contribution in [2.45, 2.75) is 64.0 Å². The number of allylic oxidation sites excluding steroid dienone is 1. The molecule has 2 N–H and O–H groups in total. The van der Waals surface area contributed by atoms with Gasteiger partial charge in [0.15, 0.2) is 0 Å². The minimum atomic E-state index is -0.0700. The zero-order valence-electron chi connectivity index (χ0n) is 11.9. The van der Waals surface area contributed by atoms with Gasteiger partial charge in [-0.3, -0.25) is 0 Å². The van der Waals surface area contributed by atoms with E-state index in [9.17, 15) is 4.79 Å². The van der Waals surface area contributed by atoms with Crippen molar-refractivity contribution in [3.05, 3.63) is 11.6 Å². The molecule has 2 unspecified atom stereocenters. The average molecular weight is 266 g/mol. The summed E-state index contributed by atoms with van der Waals surface area (Å²) in [4.78, 5) is 11.8. The van der Waals surface area contributed by atoms with Crippen LogP contribution in [0.4, 0.5) is 4.79 Å². The van der Waals surface area contributed by atoms with Crippen LogP contribution in [0, 0.1) is 0 Å². The van der Waals surface area contributed by atoms with Crippen LogP contribution in [0.15, 0.2) is 11.6 Å². The fourth-order valence-electron chi connectivity index (χ4n) is 2.82. The van der Waals surface area contributed by atoms with Gasteiger partial charge in [0.1, 0.15) is 0 Å². The van der Waals surface area contributed by atoms with Gasteiger partial charge in [-0.2, -0.15) is 0 Å². The smallest absolute Gasteiger partial charge is 0.315 e. The monoisotopic (exact) mass is 266 g/mol. The molecular weight excluding hydrogens is 240 g/mol.